The Kier molecular flexibility index (Phi) is 7.25. The normalized spacial score (nSPS) is 14.5. The lowest BCUT2D eigenvalue weighted by Crippen LogP contribution is -2.44. The first-order chi connectivity index (χ1) is 14.0. The third kappa shape index (κ3) is 6.32. The molecule has 2 aromatic rings. The van der Waals surface area contributed by atoms with Crippen LogP contribution in [0.15, 0.2) is 48.5 Å². The van der Waals surface area contributed by atoms with Crippen LogP contribution in [0.3, 0.4) is 0 Å². The van der Waals surface area contributed by atoms with E-state index in [1.807, 2.05) is 43.3 Å². The van der Waals surface area contributed by atoms with Gasteiger partial charge in [-0.05, 0) is 43.3 Å². The number of amides is 2. The molecular formula is C23H30N4O2. The number of carbonyl (C=O) groups excluding carboxylic acids is 2. The van der Waals surface area contributed by atoms with E-state index in [0.717, 1.165) is 43.0 Å². The van der Waals surface area contributed by atoms with Crippen LogP contribution in [-0.4, -0.2) is 56.5 Å². The maximum atomic E-state index is 12.2. The van der Waals surface area contributed by atoms with Crippen molar-refractivity contribution in [2.45, 2.75) is 19.8 Å². The number of hydrogen-bond donors (Lipinski definition) is 2. The van der Waals surface area contributed by atoms with Crippen molar-refractivity contribution in [1.82, 2.24) is 10.2 Å². The predicted molar refractivity (Wildman–Crippen MR) is 117 cm³/mol. The quantitative estimate of drug-likeness (QED) is 0.757. The largest absolute Gasteiger partial charge is 0.369 e. The van der Waals surface area contributed by atoms with Gasteiger partial charge in [0.15, 0.2) is 0 Å². The van der Waals surface area contributed by atoms with Crippen LogP contribution in [0.2, 0.25) is 0 Å². The molecule has 0 radical (unpaired) electrons. The molecular weight excluding hydrogens is 364 g/mol. The SMILES string of the molecule is Cc1cc(N2CCN(C)CC2)ccc1NC(=O)CCNC(=O)Cc1ccccc1. The van der Waals surface area contributed by atoms with E-state index in [-0.39, 0.29) is 18.2 Å². The molecule has 154 valence electrons. The third-order valence-corrected chi connectivity index (χ3v) is 5.23. The molecule has 1 aliphatic heterocycles. The zero-order valence-electron chi connectivity index (χ0n) is 17.3. The van der Waals surface area contributed by atoms with Crippen LogP contribution in [-0.2, 0) is 16.0 Å². The third-order valence-electron chi connectivity index (χ3n) is 5.23. The Morgan fingerprint density at radius 3 is 2.38 bits per heavy atom. The minimum absolute atomic E-state index is 0.0725. The van der Waals surface area contributed by atoms with E-state index in [1.54, 1.807) is 0 Å². The second kappa shape index (κ2) is 10.1. The number of piperazine rings is 1. The van der Waals surface area contributed by atoms with E-state index in [2.05, 4.69) is 39.6 Å². The molecule has 6 nitrogen and oxygen atoms in total. The van der Waals surface area contributed by atoms with Gasteiger partial charge in [0.25, 0.3) is 0 Å². The lowest BCUT2D eigenvalue weighted by molar-refractivity contribution is -0.120. The van der Waals surface area contributed by atoms with Gasteiger partial charge in [-0.1, -0.05) is 30.3 Å². The van der Waals surface area contributed by atoms with Gasteiger partial charge in [0.05, 0.1) is 6.42 Å². The average molecular weight is 395 g/mol. The molecule has 0 spiro atoms. The first-order valence-corrected chi connectivity index (χ1v) is 10.2. The Morgan fingerprint density at radius 1 is 0.966 bits per heavy atom. The number of benzene rings is 2. The fourth-order valence-corrected chi connectivity index (χ4v) is 3.42. The lowest BCUT2D eigenvalue weighted by atomic mass is 10.1. The van der Waals surface area contributed by atoms with Gasteiger partial charge >= 0.3 is 0 Å². The first-order valence-electron chi connectivity index (χ1n) is 10.2. The maximum Gasteiger partial charge on any atom is 0.226 e. The van der Waals surface area contributed by atoms with Crippen molar-refractivity contribution in [3.63, 3.8) is 0 Å². The molecule has 0 atom stereocenters. The van der Waals surface area contributed by atoms with Gasteiger partial charge in [0.1, 0.15) is 0 Å². The monoisotopic (exact) mass is 394 g/mol. The summed E-state index contributed by atoms with van der Waals surface area (Å²) in [5.74, 6) is -0.169. The summed E-state index contributed by atoms with van der Waals surface area (Å²) in [6.45, 7) is 6.50. The average Bonchev–Trinajstić information content (AvgIpc) is 2.71. The summed E-state index contributed by atoms with van der Waals surface area (Å²) in [5, 5.41) is 5.76. The van der Waals surface area contributed by atoms with Crippen molar-refractivity contribution in [3.05, 3.63) is 59.7 Å². The molecule has 0 aliphatic carbocycles. The Hall–Kier alpha value is -2.86. The van der Waals surface area contributed by atoms with E-state index >= 15 is 0 Å². The molecule has 0 aromatic heterocycles. The molecule has 2 N–H and O–H groups in total. The standard InChI is InChI=1S/C23H30N4O2/c1-18-16-20(27-14-12-26(2)13-15-27)8-9-21(18)25-22(28)10-11-24-23(29)17-19-6-4-3-5-7-19/h3-9,16H,10-15,17H2,1-2H3,(H,24,29)(H,25,28). The number of rotatable bonds is 7. The molecule has 1 fully saturated rings. The fraction of sp³-hybridized carbons (Fsp3) is 0.391. The van der Waals surface area contributed by atoms with Gasteiger partial charge in [-0.25, -0.2) is 0 Å². The summed E-state index contributed by atoms with van der Waals surface area (Å²) in [4.78, 5) is 28.9. The van der Waals surface area contributed by atoms with Crippen molar-refractivity contribution in [2.24, 2.45) is 0 Å². The summed E-state index contributed by atoms with van der Waals surface area (Å²) in [6.07, 6.45) is 0.579. The van der Waals surface area contributed by atoms with Crippen LogP contribution in [0, 0.1) is 6.92 Å². The number of likely N-dealkylation sites (N-methyl/N-ethyl adjacent to an activating group) is 1. The zero-order valence-corrected chi connectivity index (χ0v) is 17.3. The van der Waals surface area contributed by atoms with E-state index in [4.69, 9.17) is 0 Å². The molecule has 3 rings (SSSR count). The van der Waals surface area contributed by atoms with Crippen molar-refractivity contribution in [2.75, 3.05) is 50.0 Å². The van der Waals surface area contributed by atoms with Crippen molar-refractivity contribution in [1.29, 1.82) is 0 Å². The van der Waals surface area contributed by atoms with Crippen LogP contribution >= 0.6 is 0 Å². The number of nitrogens with one attached hydrogen (secondary N) is 2. The highest BCUT2D eigenvalue weighted by atomic mass is 16.2. The van der Waals surface area contributed by atoms with Crippen molar-refractivity contribution >= 4 is 23.2 Å². The van der Waals surface area contributed by atoms with E-state index in [0.29, 0.717) is 13.0 Å². The molecule has 2 aromatic carbocycles. The van der Waals surface area contributed by atoms with Crippen LogP contribution in [0.4, 0.5) is 11.4 Å². The predicted octanol–water partition coefficient (Wildman–Crippen LogP) is 2.43. The van der Waals surface area contributed by atoms with Gasteiger partial charge in [-0.3, -0.25) is 9.59 Å². The Labute approximate surface area is 172 Å². The van der Waals surface area contributed by atoms with Crippen LogP contribution < -0.4 is 15.5 Å². The Bertz CT molecular complexity index is 830. The fourth-order valence-electron chi connectivity index (χ4n) is 3.42. The summed E-state index contributed by atoms with van der Waals surface area (Å²) >= 11 is 0. The molecule has 6 heteroatoms. The molecule has 1 heterocycles. The molecule has 0 saturated carbocycles. The van der Waals surface area contributed by atoms with Gasteiger partial charge in [-0.2, -0.15) is 0 Å². The highest BCUT2D eigenvalue weighted by Crippen LogP contribution is 2.23. The van der Waals surface area contributed by atoms with Gasteiger partial charge in [-0.15, -0.1) is 0 Å². The first kappa shape index (κ1) is 20.9. The molecule has 2 amide bonds. The molecule has 0 unspecified atom stereocenters. The minimum Gasteiger partial charge on any atom is -0.369 e. The number of hydrogen-bond acceptors (Lipinski definition) is 4. The highest BCUT2D eigenvalue weighted by molar-refractivity contribution is 5.92. The van der Waals surface area contributed by atoms with Crippen molar-refractivity contribution in [3.8, 4) is 0 Å². The number of aryl methyl sites for hydroxylation is 1. The molecule has 1 aliphatic rings. The van der Waals surface area contributed by atoms with Crippen molar-refractivity contribution < 1.29 is 9.59 Å². The van der Waals surface area contributed by atoms with Gasteiger partial charge in [0.2, 0.25) is 11.8 Å². The van der Waals surface area contributed by atoms with Crippen LogP contribution in [0.1, 0.15) is 17.5 Å². The van der Waals surface area contributed by atoms with Gasteiger partial charge in [0, 0.05) is 50.5 Å². The highest BCUT2D eigenvalue weighted by Gasteiger charge is 2.15. The van der Waals surface area contributed by atoms with E-state index in [9.17, 15) is 9.59 Å². The summed E-state index contributed by atoms with van der Waals surface area (Å²) in [5.41, 5.74) is 4.03. The van der Waals surface area contributed by atoms with E-state index < -0.39 is 0 Å². The smallest absolute Gasteiger partial charge is 0.226 e. The zero-order chi connectivity index (χ0) is 20.6. The Balaban J connectivity index is 1.43. The summed E-state index contributed by atoms with van der Waals surface area (Å²) in [6, 6.07) is 15.7. The number of anilines is 2. The number of carbonyl (C=O) groups is 2. The maximum absolute atomic E-state index is 12.2. The van der Waals surface area contributed by atoms with Crippen LogP contribution in [0.25, 0.3) is 0 Å². The molecule has 29 heavy (non-hydrogen) atoms. The van der Waals surface area contributed by atoms with Crippen LogP contribution in [0.5, 0.6) is 0 Å². The molecule has 0 bridgehead atoms. The molecule has 1 saturated heterocycles. The second-order valence-electron chi connectivity index (χ2n) is 7.60. The summed E-state index contributed by atoms with van der Waals surface area (Å²) in [7, 11) is 2.14. The number of nitrogens with zero attached hydrogens (tertiary/aromatic N) is 2. The topological polar surface area (TPSA) is 64.7 Å². The summed E-state index contributed by atoms with van der Waals surface area (Å²) < 4.78 is 0. The van der Waals surface area contributed by atoms with Gasteiger partial charge < -0.3 is 20.4 Å². The Morgan fingerprint density at radius 2 is 1.69 bits per heavy atom. The lowest BCUT2D eigenvalue weighted by Gasteiger charge is -2.34. The van der Waals surface area contributed by atoms with E-state index in [1.165, 1.54) is 5.69 Å². The second-order valence-corrected chi connectivity index (χ2v) is 7.60. The minimum atomic E-state index is -0.0968.